The lowest BCUT2D eigenvalue weighted by Gasteiger charge is -2.23. The van der Waals surface area contributed by atoms with E-state index in [-0.39, 0.29) is 22.6 Å². The van der Waals surface area contributed by atoms with Gasteiger partial charge in [-0.2, -0.15) is 0 Å². The summed E-state index contributed by atoms with van der Waals surface area (Å²) in [5.74, 6) is -2.66. The van der Waals surface area contributed by atoms with Gasteiger partial charge in [-0.05, 0) is 24.3 Å². The van der Waals surface area contributed by atoms with E-state index < -0.39 is 23.7 Å². The summed E-state index contributed by atoms with van der Waals surface area (Å²) in [4.78, 5) is 36.7. The molecule has 7 nitrogen and oxygen atoms in total. The van der Waals surface area contributed by atoms with Crippen LogP contribution in [0.5, 0.6) is 0 Å². The van der Waals surface area contributed by atoms with Crippen LogP contribution in [-0.2, 0) is 23.9 Å². The molecule has 1 aromatic rings. The number of nitrogens with zero attached hydrogens (tertiary/aromatic N) is 1. The van der Waals surface area contributed by atoms with Gasteiger partial charge >= 0.3 is 11.9 Å². The Balaban J connectivity index is 2.58. The highest BCUT2D eigenvalue weighted by molar-refractivity contribution is 6.05. The van der Waals surface area contributed by atoms with Gasteiger partial charge in [0.05, 0.1) is 25.5 Å². The number of esters is 2. The van der Waals surface area contributed by atoms with Gasteiger partial charge in [-0.25, -0.2) is 14.0 Å². The first-order valence-electron chi connectivity index (χ1n) is 7.51. The van der Waals surface area contributed by atoms with Crippen LogP contribution in [0.25, 0.3) is 0 Å². The summed E-state index contributed by atoms with van der Waals surface area (Å²) >= 11 is 0. The van der Waals surface area contributed by atoms with Gasteiger partial charge in [0.25, 0.3) is 0 Å². The van der Waals surface area contributed by atoms with E-state index in [2.05, 4.69) is 5.32 Å². The van der Waals surface area contributed by atoms with E-state index in [0.717, 1.165) is 6.07 Å². The fourth-order valence-electron chi connectivity index (χ4n) is 2.31. The Labute approximate surface area is 149 Å². The maximum Gasteiger partial charge on any atom is 0.355 e. The van der Waals surface area contributed by atoms with Crippen LogP contribution in [0.4, 0.5) is 15.8 Å². The molecule has 1 N–H and O–H groups in total. The first-order valence-corrected chi connectivity index (χ1v) is 7.51. The van der Waals surface area contributed by atoms with Gasteiger partial charge < -0.3 is 19.7 Å². The molecule has 1 amide bonds. The van der Waals surface area contributed by atoms with Crippen molar-refractivity contribution in [1.82, 2.24) is 0 Å². The maximum absolute atomic E-state index is 14.3. The van der Waals surface area contributed by atoms with Crippen molar-refractivity contribution >= 4 is 29.2 Å². The number of halogens is 1. The number of anilines is 2. The molecule has 0 saturated carbocycles. The summed E-state index contributed by atoms with van der Waals surface area (Å²) in [7, 11) is 2.35. The van der Waals surface area contributed by atoms with Crippen LogP contribution in [-0.4, -0.2) is 32.1 Å². The second-order valence-corrected chi connectivity index (χ2v) is 5.16. The minimum absolute atomic E-state index is 0.00466. The Morgan fingerprint density at radius 1 is 1.08 bits per heavy atom. The summed E-state index contributed by atoms with van der Waals surface area (Å²) in [6.45, 7) is 1.26. The molecule has 0 spiro atoms. The van der Waals surface area contributed by atoms with Crippen LogP contribution in [0.15, 0.2) is 53.9 Å². The van der Waals surface area contributed by atoms with E-state index in [1.54, 1.807) is 6.08 Å². The molecular weight excluding hydrogens is 343 g/mol. The number of nitrogens with one attached hydrogen (secondary N) is 1. The van der Waals surface area contributed by atoms with E-state index in [1.807, 2.05) is 0 Å². The number of hydrogen-bond donors (Lipinski definition) is 1. The van der Waals surface area contributed by atoms with Crippen LogP contribution < -0.4 is 10.2 Å². The minimum atomic E-state index is -0.798. The number of methoxy groups -OCH3 is 2. The number of carbonyl (C=O) groups excluding carboxylic acids is 3. The molecule has 2 rings (SSSR count). The van der Waals surface area contributed by atoms with Gasteiger partial charge in [0, 0.05) is 24.9 Å². The van der Waals surface area contributed by atoms with Crippen molar-refractivity contribution in [2.45, 2.75) is 6.92 Å². The number of amides is 1. The molecule has 8 heteroatoms. The molecule has 0 saturated heterocycles. The molecule has 0 fully saturated rings. The molecule has 0 radical (unpaired) electrons. The van der Waals surface area contributed by atoms with E-state index in [0.29, 0.717) is 0 Å². The van der Waals surface area contributed by atoms with E-state index in [9.17, 15) is 18.8 Å². The Morgan fingerprint density at radius 3 is 2.35 bits per heavy atom. The third-order valence-corrected chi connectivity index (χ3v) is 3.43. The highest BCUT2D eigenvalue weighted by atomic mass is 19.1. The second kappa shape index (κ2) is 8.11. The molecule has 136 valence electrons. The van der Waals surface area contributed by atoms with Crippen LogP contribution >= 0.6 is 0 Å². The van der Waals surface area contributed by atoms with E-state index >= 15 is 0 Å². The minimum Gasteiger partial charge on any atom is -0.465 e. The average Bonchev–Trinajstić information content (AvgIpc) is 2.84. The first-order chi connectivity index (χ1) is 12.4. The normalized spacial score (nSPS) is 13.3. The predicted molar refractivity (Wildman–Crippen MR) is 92.5 cm³/mol. The fraction of sp³-hybridized carbons (Fsp3) is 0.167. The van der Waals surface area contributed by atoms with Gasteiger partial charge in [-0.3, -0.25) is 4.79 Å². The lowest BCUT2D eigenvalue weighted by molar-refractivity contribution is -0.139. The quantitative estimate of drug-likeness (QED) is 0.829. The van der Waals surface area contributed by atoms with Gasteiger partial charge in [0.2, 0.25) is 5.91 Å². The third kappa shape index (κ3) is 3.97. The van der Waals surface area contributed by atoms with Crippen molar-refractivity contribution in [2.24, 2.45) is 0 Å². The van der Waals surface area contributed by atoms with Crippen LogP contribution in [0.3, 0.4) is 0 Å². The molecule has 0 aliphatic carbocycles. The van der Waals surface area contributed by atoms with Crippen molar-refractivity contribution in [3.05, 3.63) is 59.7 Å². The van der Waals surface area contributed by atoms with E-state index in [4.69, 9.17) is 9.47 Å². The molecule has 0 unspecified atom stereocenters. The zero-order valence-corrected chi connectivity index (χ0v) is 14.4. The summed E-state index contributed by atoms with van der Waals surface area (Å²) < 4.78 is 23.8. The zero-order chi connectivity index (χ0) is 19.3. The molecule has 0 aromatic heterocycles. The van der Waals surface area contributed by atoms with Crippen LogP contribution in [0.1, 0.15) is 6.92 Å². The molecular formula is C18H17FN2O5. The van der Waals surface area contributed by atoms with Crippen molar-refractivity contribution in [1.29, 1.82) is 0 Å². The lowest BCUT2D eigenvalue weighted by atomic mass is 10.1. The fourth-order valence-corrected chi connectivity index (χ4v) is 2.31. The number of rotatable bonds is 4. The molecule has 0 atom stereocenters. The molecule has 1 heterocycles. The Kier molecular flexibility index (Phi) is 5.90. The lowest BCUT2D eigenvalue weighted by Crippen LogP contribution is -2.27. The van der Waals surface area contributed by atoms with Crippen molar-refractivity contribution in [3.63, 3.8) is 0 Å². The first kappa shape index (κ1) is 18.9. The van der Waals surface area contributed by atoms with Gasteiger partial charge in [0.1, 0.15) is 11.5 Å². The third-order valence-electron chi connectivity index (χ3n) is 3.43. The molecule has 0 bridgehead atoms. The summed E-state index contributed by atoms with van der Waals surface area (Å²) in [6, 6.07) is 3.96. The monoisotopic (exact) mass is 360 g/mol. The summed E-state index contributed by atoms with van der Waals surface area (Å²) in [6.07, 6.45) is 5.98. The van der Waals surface area contributed by atoms with Gasteiger partial charge in [0.15, 0.2) is 0 Å². The second-order valence-electron chi connectivity index (χ2n) is 5.16. The van der Waals surface area contributed by atoms with Crippen LogP contribution in [0, 0.1) is 5.82 Å². The van der Waals surface area contributed by atoms with Gasteiger partial charge in [-0.1, -0.05) is 6.08 Å². The molecule has 1 aliphatic rings. The van der Waals surface area contributed by atoms with Crippen LogP contribution in [0.2, 0.25) is 0 Å². The van der Waals surface area contributed by atoms with Crippen molar-refractivity contribution < 1.29 is 28.2 Å². The Bertz CT molecular complexity index is 842. The smallest absolute Gasteiger partial charge is 0.355 e. The largest absolute Gasteiger partial charge is 0.465 e. The summed E-state index contributed by atoms with van der Waals surface area (Å²) in [5.41, 5.74) is 0.0695. The topological polar surface area (TPSA) is 84.9 Å². The zero-order valence-electron chi connectivity index (χ0n) is 14.4. The number of benzene rings is 1. The Morgan fingerprint density at radius 2 is 1.77 bits per heavy atom. The van der Waals surface area contributed by atoms with Crippen molar-refractivity contribution in [2.75, 3.05) is 24.4 Å². The number of allylic oxidation sites excluding steroid dienone is 2. The van der Waals surface area contributed by atoms with E-state index in [1.165, 1.54) is 56.5 Å². The standard InChI is InChI=1S/C18H17FN2O5/c1-11(22)20-15-8-7-12(10-14(15)19)21-9-5-4-6-13(17(23)25-2)16(21)18(24)26-3/h4-10H,1-3H3,(H,20,22). The molecule has 26 heavy (non-hydrogen) atoms. The maximum atomic E-state index is 14.3. The Hall–Kier alpha value is -3.42. The molecule has 1 aliphatic heterocycles. The average molecular weight is 360 g/mol. The summed E-state index contributed by atoms with van der Waals surface area (Å²) in [5, 5.41) is 2.36. The molecule has 1 aromatic carbocycles. The van der Waals surface area contributed by atoms with Gasteiger partial charge in [-0.15, -0.1) is 0 Å². The number of ether oxygens (including phenoxy) is 2. The predicted octanol–water partition coefficient (Wildman–Crippen LogP) is 2.27. The SMILES string of the molecule is COC(=O)C1=C(C(=O)OC)N(c2ccc(NC(C)=O)c(F)c2)C=CC=C1. The highest BCUT2D eigenvalue weighted by Gasteiger charge is 2.27. The number of hydrogen-bond acceptors (Lipinski definition) is 6. The number of carbonyl (C=O) groups is 3. The highest BCUT2D eigenvalue weighted by Crippen LogP contribution is 2.29. The van der Waals surface area contributed by atoms with Crippen molar-refractivity contribution in [3.8, 4) is 0 Å².